The smallest absolute Gasteiger partial charge is 0.271 e. The summed E-state index contributed by atoms with van der Waals surface area (Å²) in [5.74, 6) is -0.682. The number of hydrogen-bond donors (Lipinski definition) is 4. The fourth-order valence-corrected chi connectivity index (χ4v) is 4.22. The van der Waals surface area contributed by atoms with Crippen molar-refractivity contribution < 1.29 is 24.1 Å². The third kappa shape index (κ3) is 5.26. The molecule has 0 bridgehead atoms. The Bertz CT molecular complexity index is 1230. The van der Waals surface area contributed by atoms with Crippen LogP contribution in [0.3, 0.4) is 0 Å². The lowest BCUT2D eigenvalue weighted by atomic mass is 10.1. The summed E-state index contributed by atoms with van der Waals surface area (Å²) in [6.45, 7) is 4.56. The zero-order chi connectivity index (χ0) is 25.1. The molecule has 10 nitrogen and oxygen atoms in total. The number of aromatic nitrogens is 2. The Morgan fingerprint density at radius 2 is 1.97 bits per heavy atom. The Balaban J connectivity index is 1.74. The van der Waals surface area contributed by atoms with E-state index in [4.69, 9.17) is 15.6 Å². The standard InChI is InChI=1S/C24H29FN6O4/c1-14-3-4-18(17(25)9-14)27-22-16-10-20(31-7-5-30(6-8-31)12-15(33)13-32)21(35-2)11-19(16)28-29-23(22)24(26)34/h3-4,9-11,15,32-33H,5-8,12-13H2,1-2H3,(H2,26,34)(H,27,28). The minimum Gasteiger partial charge on any atom is -0.495 e. The first-order valence-electron chi connectivity index (χ1n) is 11.3. The molecule has 1 aliphatic rings. The Morgan fingerprint density at radius 3 is 2.60 bits per heavy atom. The number of piperazine rings is 1. The number of aliphatic hydroxyl groups is 2. The number of nitrogens with zero attached hydrogens (tertiary/aromatic N) is 4. The summed E-state index contributed by atoms with van der Waals surface area (Å²) >= 11 is 0. The van der Waals surface area contributed by atoms with Crippen molar-refractivity contribution in [2.24, 2.45) is 5.73 Å². The van der Waals surface area contributed by atoms with E-state index >= 15 is 0 Å². The Morgan fingerprint density at radius 1 is 1.23 bits per heavy atom. The molecule has 11 heteroatoms. The van der Waals surface area contributed by atoms with E-state index in [-0.39, 0.29) is 23.7 Å². The van der Waals surface area contributed by atoms with E-state index in [0.717, 1.165) is 11.3 Å². The highest BCUT2D eigenvalue weighted by atomic mass is 19.1. The normalized spacial score (nSPS) is 15.3. The van der Waals surface area contributed by atoms with Crippen LogP contribution < -0.4 is 20.7 Å². The summed E-state index contributed by atoms with van der Waals surface area (Å²) in [4.78, 5) is 16.4. The van der Waals surface area contributed by atoms with Crippen LogP contribution in [-0.4, -0.2) is 83.8 Å². The summed E-state index contributed by atoms with van der Waals surface area (Å²) in [7, 11) is 1.56. The number of fused-ring (bicyclic) bond motifs is 1. The van der Waals surface area contributed by atoms with E-state index in [1.54, 1.807) is 32.2 Å². The van der Waals surface area contributed by atoms with Gasteiger partial charge in [0.1, 0.15) is 11.6 Å². The third-order valence-corrected chi connectivity index (χ3v) is 6.07. The number of primary amides is 1. The van der Waals surface area contributed by atoms with Gasteiger partial charge in [-0.05, 0) is 30.7 Å². The molecule has 1 unspecified atom stereocenters. The van der Waals surface area contributed by atoms with Crippen molar-refractivity contribution in [2.45, 2.75) is 13.0 Å². The largest absolute Gasteiger partial charge is 0.495 e. The molecule has 0 saturated carbocycles. The van der Waals surface area contributed by atoms with Gasteiger partial charge in [-0.15, -0.1) is 10.2 Å². The zero-order valence-electron chi connectivity index (χ0n) is 19.7. The first kappa shape index (κ1) is 24.6. The lowest BCUT2D eigenvalue weighted by Crippen LogP contribution is -2.49. The Hall–Kier alpha value is -3.54. The van der Waals surface area contributed by atoms with Crippen molar-refractivity contribution in [1.29, 1.82) is 0 Å². The molecule has 35 heavy (non-hydrogen) atoms. The maximum Gasteiger partial charge on any atom is 0.271 e. The Labute approximate surface area is 202 Å². The van der Waals surface area contributed by atoms with Crippen LogP contribution in [0.1, 0.15) is 16.1 Å². The molecule has 1 saturated heterocycles. The van der Waals surface area contributed by atoms with Crippen LogP contribution in [-0.2, 0) is 0 Å². The number of halogens is 1. The number of amides is 1. The van der Waals surface area contributed by atoms with Gasteiger partial charge < -0.3 is 30.9 Å². The maximum absolute atomic E-state index is 14.6. The molecule has 0 aliphatic carbocycles. The molecule has 4 rings (SSSR count). The fraction of sp³-hybridized carbons (Fsp3) is 0.375. The number of carbonyl (C=O) groups excluding carboxylic acids is 1. The van der Waals surface area contributed by atoms with Gasteiger partial charge in [0.05, 0.1) is 42.4 Å². The number of ether oxygens (including phenoxy) is 1. The second kappa shape index (κ2) is 10.4. The van der Waals surface area contributed by atoms with Crippen molar-refractivity contribution in [3.8, 4) is 5.75 Å². The van der Waals surface area contributed by atoms with Crippen LogP contribution in [0.25, 0.3) is 10.9 Å². The number of carbonyl (C=O) groups is 1. The van der Waals surface area contributed by atoms with Crippen LogP contribution in [0.15, 0.2) is 30.3 Å². The molecular weight excluding hydrogens is 455 g/mol. The average Bonchev–Trinajstić information content (AvgIpc) is 2.85. The van der Waals surface area contributed by atoms with Crippen LogP contribution in [0.5, 0.6) is 5.75 Å². The number of aliphatic hydroxyl groups excluding tert-OH is 2. The van der Waals surface area contributed by atoms with E-state index in [1.807, 2.05) is 6.07 Å². The number of methoxy groups -OCH3 is 1. The minimum absolute atomic E-state index is 0.101. The summed E-state index contributed by atoms with van der Waals surface area (Å²) < 4.78 is 20.2. The summed E-state index contributed by atoms with van der Waals surface area (Å²) in [6, 6.07) is 8.30. The van der Waals surface area contributed by atoms with Crippen molar-refractivity contribution in [3.05, 3.63) is 47.4 Å². The van der Waals surface area contributed by atoms with Crippen LogP contribution >= 0.6 is 0 Å². The maximum atomic E-state index is 14.6. The van der Waals surface area contributed by atoms with Gasteiger partial charge in [-0.2, -0.15) is 0 Å². The number of rotatable bonds is 8. The second-order valence-electron chi connectivity index (χ2n) is 8.56. The topological polar surface area (TPSA) is 137 Å². The third-order valence-electron chi connectivity index (χ3n) is 6.07. The predicted octanol–water partition coefficient (Wildman–Crippen LogP) is 1.40. The number of nitrogens with two attached hydrogens (primary N) is 1. The first-order valence-corrected chi connectivity index (χ1v) is 11.3. The molecule has 1 atom stereocenters. The molecule has 186 valence electrons. The van der Waals surface area contributed by atoms with Crippen molar-refractivity contribution in [3.63, 3.8) is 0 Å². The highest BCUT2D eigenvalue weighted by Crippen LogP contribution is 2.38. The molecule has 2 heterocycles. The number of benzene rings is 2. The van der Waals surface area contributed by atoms with Gasteiger partial charge in [-0.3, -0.25) is 9.69 Å². The lowest BCUT2D eigenvalue weighted by molar-refractivity contribution is 0.0574. The molecular formula is C24H29FN6O4. The predicted molar refractivity (Wildman–Crippen MR) is 131 cm³/mol. The van der Waals surface area contributed by atoms with Gasteiger partial charge in [0, 0.05) is 44.2 Å². The van der Waals surface area contributed by atoms with Crippen LogP contribution in [0, 0.1) is 12.7 Å². The average molecular weight is 485 g/mol. The summed E-state index contributed by atoms with van der Waals surface area (Å²) in [5.41, 5.74) is 7.91. The highest BCUT2D eigenvalue weighted by molar-refractivity contribution is 6.07. The molecule has 3 aromatic rings. The number of aryl methyl sites for hydroxylation is 1. The summed E-state index contributed by atoms with van der Waals surface area (Å²) in [5, 5.41) is 30.5. The number of hydrogen-bond acceptors (Lipinski definition) is 9. The van der Waals surface area contributed by atoms with Gasteiger partial charge in [-0.25, -0.2) is 4.39 Å². The van der Waals surface area contributed by atoms with Crippen molar-refractivity contribution in [1.82, 2.24) is 15.1 Å². The first-order chi connectivity index (χ1) is 16.8. The van der Waals surface area contributed by atoms with Gasteiger partial charge in [0.25, 0.3) is 5.91 Å². The molecule has 0 spiro atoms. The number of β-amino-alcohol motifs (C(OH)–C–C–N with tert-alkyl or cyclic N) is 1. The molecule has 1 amide bonds. The van der Waals surface area contributed by atoms with Gasteiger partial charge in [-0.1, -0.05) is 6.07 Å². The number of nitrogens with one attached hydrogen (secondary N) is 1. The number of anilines is 3. The fourth-order valence-electron chi connectivity index (χ4n) is 4.22. The molecule has 0 radical (unpaired) electrons. The van der Waals surface area contributed by atoms with Crippen LogP contribution in [0.2, 0.25) is 0 Å². The van der Waals surface area contributed by atoms with E-state index in [1.165, 1.54) is 6.07 Å². The lowest BCUT2D eigenvalue weighted by Gasteiger charge is -2.37. The molecule has 1 aliphatic heterocycles. The monoisotopic (exact) mass is 484 g/mol. The second-order valence-corrected chi connectivity index (χ2v) is 8.56. The Kier molecular flexibility index (Phi) is 7.29. The van der Waals surface area contributed by atoms with E-state index in [2.05, 4.69) is 25.3 Å². The SMILES string of the molecule is COc1cc2nnc(C(N)=O)c(Nc3ccc(C)cc3F)c2cc1N1CCN(CC(O)CO)CC1. The highest BCUT2D eigenvalue weighted by Gasteiger charge is 2.24. The van der Waals surface area contributed by atoms with E-state index in [0.29, 0.717) is 49.4 Å². The van der Waals surface area contributed by atoms with Crippen LogP contribution in [0.4, 0.5) is 21.5 Å². The van der Waals surface area contributed by atoms with Gasteiger partial charge in [0.15, 0.2) is 5.69 Å². The minimum atomic E-state index is -0.789. The van der Waals surface area contributed by atoms with Gasteiger partial charge in [0.2, 0.25) is 0 Å². The van der Waals surface area contributed by atoms with Gasteiger partial charge >= 0.3 is 0 Å². The van der Waals surface area contributed by atoms with Crippen molar-refractivity contribution >= 4 is 33.9 Å². The molecule has 1 fully saturated rings. The quantitative estimate of drug-likeness (QED) is 0.374. The van der Waals surface area contributed by atoms with E-state index < -0.39 is 17.8 Å². The molecule has 2 aromatic carbocycles. The zero-order valence-corrected chi connectivity index (χ0v) is 19.7. The van der Waals surface area contributed by atoms with Crippen molar-refractivity contribution in [2.75, 3.05) is 56.7 Å². The molecule has 5 N–H and O–H groups in total. The van der Waals surface area contributed by atoms with E-state index in [9.17, 15) is 14.3 Å². The molecule has 1 aromatic heterocycles. The summed E-state index contributed by atoms with van der Waals surface area (Å²) in [6.07, 6.45) is -0.779.